The van der Waals surface area contributed by atoms with Crippen molar-refractivity contribution in [2.75, 3.05) is 24.3 Å². The smallest absolute Gasteiger partial charge is 0.234 e. The van der Waals surface area contributed by atoms with Crippen LogP contribution in [0.25, 0.3) is 0 Å². The molecule has 0 aliphatic carbocycles. The van der Waals surface area contributed by atoms with Gasteiger partial charge in [0.05, 0.1) is 36.7 Å². The number of hydrazine groups is 1. The van der Waals surface area contributed by atoms with Crippen LogP contribution >= 0.6 is 11.8 Å². The Kier molecular flexibility index (Phi) is 7.48. The van der Waals surface area contributed by atoms with Gasteiger partial charge in [0.2, 0.25) is 5.91 Å². The zero-order valence-electron chi connectivity index (χ0n) is 21.7. The molecule has 3 aliphatic heterocycles. The number of amides is 1. The van der Waals surface area contributed by atoms with Gasteiger partial charge in [-0.2, -0.15) is 5.10 Å². The first-order valence-electron chi connectivity index (χ1n) is 12.7. The summed E-state index contributed by atoms with van der Waals surface area (Å²) >= 11 is 1.41. The molecule has 0 saturated carbocycles. The SMILES string of the molecule is CCOc1ccc(OCC)c(NC(=O)CSC2=NNC3C4CC(c5cc(C)ccc5C)NN4C=CN23)c1. The van der Waals surface area contributed by atoms with Crippen LogP contribution in [-0.4, -0.2) is 52.2 Å². The van der Waals surface area contributed by atoms with Crippen molar-refractivity contribution in [3.05, 3.63) is 65.5 Å². The van der Waals surface area contributed by atoms with Crippen molar-refractivity contribution in [1.29, 1.82) is 0 Å². The van der Waals surface area contributed by atoms with E-state index in [1.807, 2.05) is 32.2 Å². The number of fused-ring (bicyclic) bond motifs is 3. The third-order valence-corrected chi connectivity index (χ3v) is 7.65. The topological polar surface area (TPSA) is 90.5 Å². The predicted octanol–water partition coefficient (Wildman–Crippen LogP) is 4.08. The number of amidine groups is 1. The number of carbonyl (C=O) groups is 1. The fourth-order valence-electron chi connectivity index (χ4n) is 4.95. The van der Waals surface area contributed by atoms with E-state index in [9.17, 15) is 4.79 Å². The predicted molar refractivity (Wildman–Crippen MR) is 147 cm³/mol. The highest BCUT2D eigenvalue weighted by Gasteiger charge is 2.44. The molecule has 5 rings (SSSR count). The van der Waals surface area contributed by atoms with Crippen molar-refractivity contribution in [3.8, 4) is 11.5 Å². The first-order chi connectivity index (χ1) is 18.0. The molecule has 0 spiro atoms. The number of hydrazone groups is 1. The molecule has 1 amide bonds. The van der Waals surface area contributed by atoms with E-state index in [4.69, 9.17) is 9.47 Å². The van der Waals surface area contributed by atoms with Crippen LogP contribution in [0.4, 0.5) is 5.69 Å². The van der Waals surface area contributed by atoms with Gasteiger partial charge in [0.1, 0.15) is 17.7 Å². The molecular weight excluding hydrogens is 488 g/mol. The fraction of sp³-hybridized carbons (Fsp3) is 0.407. The molecule has 0 bridgehead atoms. The second-order valence-electron chi connectivity index (χ2n) is 9.29. The first-order valence-corrected chi connectivity index (χ1v) is 13.7. The van der Waals surface area contributed by atoms with E-state index in [0.29, 0.717) is 30.4 Å². The van der Waals surface area contributed by atoms with Gasteiger partial charge in [-0.1, -0.05) is 35.5 Å². The summed E-state index contributed by atoms with van der Waals surface area (Å²) < 4.78 is 11.3. The Morgan fingerprint density at radius 3 is 2.78 bits per heavy atom. The number of hydrogen-bond donors (Lipinski definition) is 3. The van der Waals surface area contributed by atoms with Crippen LogP contribution in [0.1, 0.15) is 43.0 Å². The van der Waals surface area contributed by atoms with Crippen LogP contribution in [0, 0.1) is 13.8 Å². The molecule has 0 radical (unpaired) electrons. The second-order valence-corrected chi connectivity index (χ2v) is 10.2. The minimum Gasteiger partial charge on any atom is -0.494 e. The van der Waals surface area contributed by atoms with Gasteiger partial charge in [0.15, 0.2) is 5.17 Å². The Hall–Kier alpha value is -3.37. The summed E-state index contributed by atoms with van der Waals surface area (Å²) in [5.41, 5.74) is 11.4. The number of nitrogens with one attached hydrogen (secondary N) is 3. The molecule has 3 N–H and O–H groups in total. The van der Waals surface area contributed by atoms with Crippen molar-refractivity contribution in [2.45, 2.75) is 52.4 Å². The van der Waals surface area contributed by atoms with Crippen LogP contribution < -0.4 is 25.6 Å². The molecule has 3 unspecified atom stereocenters. The zero-order valence-corrected chi connectivity index (χ0v) is 22.5. The largest absolute Gasteiger partial charge is 0.494 e. The molecule has 37 heavy (non-hydrogen) atoms. The summed E-state index contributed by atoms with van der Waals surface area (Å²) in [6.07, 6.45) is 5.03. The van der Waals surface area contributed by atoms with Gasteiger partial charge < -0.3 is 24.7 Å². The standard InChI is InChI=1S/C27H34N6O3S/c1-5-35-19-9-10-24(36-6-2)22(14-19)28-25(34)16-37-27-30-29-26-23-15-21(31-33(23)12-11-32(26)27)20-13-17(3)7-8-18(20)4/h7-14,21,23,26,29,31H,5-6,15-16H2,1-4H3,(H,28,34). The van der Waals surface area contributed by atoms with Crippen LogP contribution in [0.5, 0.6) is 11.5 Å². The molecule has 1 saturated heterocycles. The molecular formula is C27H34N6O3S. The number of benzene rings is 2. The summed E-state index contributed by atoms with van der Waals surface area (Å²) in [5.74, 6) is 1.40. The zero-order chi connectivity index (χ0) is 25.9. The van der Waals surface area contributed by atoms with Crippen molar-refractivity contribution in [2.24, 2.45) is 5.10 Å². The maximum Gasteiger partial charge on any atom is 0.234 e. The maximum absolute atomic E-state index is 12.8. The lowest BCUT2D eigenvalue weighted by molar-refractivity contribution is -0.113. The number of carbonyl (C=O) groups excluding carboxylic acids is 1. The van der Waals surface area contributed by atoms with E-state index in [2.05, 4.69) is 69.4 Å². The highest BCUT2D eigenvalue weighted by molar-refractivity contribution is 8.14. The summed E-state index contributed by atoms with van der Waals surface area (Å²) in [7, 11) is 0. The average Bonchev–Trinajstić information content (AvgIpc) is 3.50. The Bertz CT molecular complexity index is 1220. The highest BCUT2D eigenvalue weighted by Crippen LogP contribution is 2.36. The Morgan fingerprint density at radius 1 is 1.14 bits per heavy atom. The first kappa shape index (κ1) is 25.3. The number of rotatable bonds is 8. The Morgan fingerprint density at radius 2 is 1.97 bits per heavy atom. The molecule has 196 valence electrons. The third kappa shape index (κ3) is 5.35. The number of ether oxygens (including phenoxy) is 2. The maximum atomic E-state index is 12.8. The van der Waals surface area contributed by atoms with E-state index in [-0.39, 0.29) is 29.9 Å². The Labute approximate surface area is 222 Å². The van der Waals surface area contributed by atoms with Gasteiger partial charge in [-0.15, -0.1) is 0 Å². The summed E-state index contributed by atoms with van der Waals surface area (Å²) in [4.78, 5) is 15.0. The molecule has 9 nitrogen and oxygen atoms in total. The number of thioether (sulfide) groups is 1. The minimum absolute atomic E-state index is 0.00519. The summed E-state index contributed by atoms with van der Waals surface area (Å²) in [6, 6.07) is 12.5. The van der Waals surface area contributed by atoms with E-state index >= 15 is 0 Å². The van der Waals surface area contributed by atoms with Crippen molar-refractivity contribution in [3.63, 3.8) is 0 Å². The fourth-order valence-corrected chi connectivity index (χ4v) is 5.72. The Balaban J connectivity index is 1.20. The normalized spacial score (nSPS) is 21.7. The van der Waals surface area contributed by atoms with Gasteiger partial charge in [-0.3, -0.25) is 10.2 Å². The van der Waals surface area contributed by atoms with Gasteiger partial charge in [-0.05, 0) is 57.4 Å². The van der Waals surface area contributed by atoms with Crippen LogP contribution in [-0.2, 0) is 4.79 Å². The average molecular weight is 523 g/mol. The van der Waals surface area contributed by atoms with Gasteiger partial charge in [0.25, 0.3) is 0 Å². The van der Waals surface area contributed by atoms with E-state index < -0.39 is 0 Å². The quantitative estimate of drug-likeness (QED) is 0.478. The van der Waals surface area contributed by atoms with E-state index in [0.717, 1.165) is 11.6 Å². The van der Waals surface area contributed by atoms with Gasteiger partial charge in [-0.25, -0.2) is 5.43 Å². The summed E-state index contributed by atoms with van der Waals surface area (Å²) in [6.45, 7) is 9.19. The van der Waals surface area contributed by atoms with Crippen LogP contribution in [0.3, 0.4) is 0 Å². The highest BCUT2D eigenvalue weighted by atomic mass is 32.2. The molecule has 3 heterocycles. The summed E-state index contributed by atoms with van der Waals surface area (Å²) in [5, 5.41) is 10.5. The number of nitrogens with zero attached hydrogens (tertiary/aromatic N) is 3. The van der Waals surface area contributed by atoms with E-state index in [1.54, 1.807) is 6.07 Å². The molecule has 3 aliphatic rings. The molecule has 2 aromatic rings. The second kappa shape index (κ2) is 10.9. The lowest BCUT2D eigenvalue weighted by atomic mass is 9.95. The lowest BCUT2D eigenvalue weighted by Gasteiger charge is -2.36. The molecule has 2 aromatic carbocycles. The van der Waals surface area contributed by atoms with Crippen LogP contribution in [0.2, 0.25) is 0 Å². The third-order valence-electron chi connectivity index (χ3n) is 6.68. The van der Waals surface area contributed by atoms with Crippen LogP contribution in [0.15, 0.2) is 53.9 Å². The number of anilines is 1. The van der Waals surface area contributed by atoms with Gasteiger partial charge >= 0.3 is 0 Å². The van der Waals surface area contributed by atoms with E-state index in [1.165, 1.54) is 28.5 Å². The van der Waals surface area contributed by atoms with Crippen molar-refractivity contribution < 1.29 is 14.3 Å². The molecule has 1 fully saturated rings. The monoisotopic (exact) mass is 522 g/mol. The lowest BCUT2D eigenvalue weighted by Crippen LogP contribution is -2.54. The number of hydrogen-bond acceptors (Lipinski definition) is 9. The molecule has 3 atom stereocenters. The minimum atomic E-state index is -0.133. The number of aryl methyl sites for hydroxylation is 2. The molecule has 10 heteroatoms. The van der Waals surface area contributed by atoms with Crippen molar-refractivity contribution in [1.82, 2.24) is 20.8 Å². The van der Waals surface area contributed by atoms with Gasteiger partial charge in [0, 0.05) is 18.5 Å². The molecule has 0 aromatic heterocycles. The van der Waals surface area contributed by atoms with Crippen molar-refractivity contribution >= 4 is 28.5 Å².